The largest absolute Gasteiger partial charge is 0.438 e. The summed E-state index contributed by atoms with van der Waals surface area (Å²) in [5.74, 6) is 0. The summed E-state index contributed by atoms with van der Waals surface area (Å²) in [4.78, 5) is 2.42. The minimum atomic E-state index is -0.0926. The third-order valence-electron chi connectivity index (χ3n) is 10.4. The minimum Gasteiger partial charge on any atom is -0.438 e. The average molecular weight is 617 g/mol. The van der Waals surface area contributed by atoms with E-state index in [-0.39, 0.29) is 5.41 Å². The number of hydrogen-bond acceptors (Lipinski definition) is 2. The molecule has 2 heterocycles. The molecule has 0 N–H and O–H groups in total. The van der Waals surface area contributed by atoms with E-state index in [0.29, 0.717) is 0 Å². The van der Waals surface area contributed by atoms with Crippen molar-refractivity contribution >= 4 is 55.6 Å². The maximum absolute atomic E-state index is 6.53. The van der Waals surface area contributed by atoms with Crippen molar-refractivity contribution < 1.29 is 4.42 Å². The fourth-order valence-corrected chi connectivity index (χ4v) is 8.10. The average Bonchev–Trinajstić information content (AvgIpc) is 3.74. The van der Waals surface area contributed by atoms with Gasteiger partial charge in [0.05, 0.1) is 22.3 Å². The number of benzene rings is 7. The van der Waals surface area contributed by atoms with Crippen LogP contribution in [0, 0.1) is 0 Å². The Bertz CT molecular complexity index is 2700. The van der Waals surface area contributed by atoms with Crippen LogP contribution in [0.2, 0.25) is 0 Å². The molecular weight excluding hydrogens is 585 g/mol. The van der Waals surface area contributed by atoms with Crippen molar-refractivity contribution in [3.63, 3.8) is 0 Å². The number of oxazole rings is 1. The van der Waals surface area contributed by atoms with E-state index < -0.39 is 0 Å². The normalized spacial score (nSPS) is 13.4. The number of para-hydroxylation sites is 3. The maximum atomic E-state index is 6.53. The molecule has 10 rings (SSSR count). The molecule has 3 heteroatoms. The van der Waals surface area contributed by atoms with E-state index in [2.05, 4.69) is 169 Å². The van der Waals surface area contributed by atoms with Crippen LogP contribution in [-0.4, -0.2) is 4.40 Å². The highest BCUT2D eigenvalue weighted by atomic mass is 16.3. The zero-order valence-electron chi connectivity index (χ0n) is 26.8. The Balaban J connectivity index is 1.17. The zero-order valence-corrected chi connectivity index (χ0v) is 26.8. The van der Waals surface area contributed by atoms with E-state index in [1.807, 2.05) is 12.1 Å². The molecule has 228 valence electrons. The highest BCUT2D eigenvalue weighted by molar-refractivity contribution is 6.07. The molecule has 2 aromatic heterocycles. The second-order valence-corrected chi connectivity index (χ2v) is 13.4. The van der Waals surface area contributed by atoms with Crippen LogP contribution >= 0.6 is 0 Å². The SMILES string of the molecule is CC1(C)c2ccccc2-c2ccc(N(c3ccc(-c4c5ccccc5n5c4oc4ccccc45)cc3)c3cccc4ccccc34)cc21. The fourth-order valence-electron chi connectivity index (χ4n) is 8.10. The van der Waals surface area contributed by atoms with Gasteiger partial charge in [-0.3, -0.25) is 4.40 Å². The molecule has 0 fully saturated rings. The van der Waals surface area contributed by atoms with E-state index in [4.69, 9.17) is 4.42 Å². The molecule has 0 saturated carbocycles. The first-order valence-electron chi connectivity index (χ1n) is 16.6. The number of aromatic nitrogens is 1. The topological polar surface area (TPSA) is 20.8 Å². The highest BCUT2D eigenvalue weighted by Crippen LogP contribution is 2.51. The van der Waals surface area contributed by atoms with E-state index in [0.717, 1.165) is 50.5 Å². The molecule has 1 aliphatic carbocycles. The van der Waals surface area contributed by atoms with Gasteiger partial charge in [0.25, 0.3) is 0 Å². The summed E-state index contributed by atoms with van der Waals surface area (Å²) in [6, 6.07) is 57.0. The highest BCUT2D eigenvalue weighted by Gasteiger charge is 2.35. The second-order valence-electron chi connectivity index (χ2n) is 13.4. The zero-order chi connectivity index (χ0) is 32.0. The first kappa shape index (κ1) is 27.1. The van der Waals surface area contributed by atoms with Crippen LogP contribution in [0.15, 0.2) is 162 Å². The quantitative estimate of drug-likeness (QED) is 0.196. The lowest BCUT2D eigenvalue weighted by Crippen LogP contribution is -2.16. The van der Waals surface area contributed by atoms with Crippen LogP contribution in [0.4, 0.5) is 17.1 Å². The van der Waals surface area contributed by atoms with Crippen LogP contribution in [0.5, 0.6) is 0 Å². The third-order valence-corrected chi connectivity index (χ3v) is 10.4. The van der Waals surface area contributed by atoms with E-state index in [9.17, 15) is 0 Å². The molecule has 0 bridgehead atoms. The van der Waals surface area contributed by atoms with Gasteiger partial charge in [-0.1, -0.05) is 123 Å². The molecule has 0 amide bonds. The molecule has 48 heavy (non-hydrogen) atoms. The molecule has 7 aromatic carbocycles. The Morgan fingerprint density at radius 3 is 2.08 bits per heavy atom. The maximum Gasteiger partial charge on any atom is 0.213 e. The summed E-state index contributed by atoms with van der Waals surface area (Å²) in [6.07, 6.45) is 0. The lowest BCUT2D eigenvalue weighted by Gasteiger charge is -2.29. The monoisotopic (exact) mass is 616 g/mol. The Labute approximate surface area is 278 Å². The van der Waals surface area contributed by atoms with Gasteiger partial charge in [0.15, 0.2) is 5.58 Å². The molecule has 9 aromatic rings. The summed E-state index contributed by atoms with van der Waals surface area (Å²) < 4.78 is 8.78. The van der Waals surface area contributed by atoms with Crippen molar-refractivity contribution in [2.75, 3.05) is 4.90 Å². The summed E-state index contributed by atoms with van der Waals surface area (Å²) in [5, 5.41) is 3.62. The summed E-state index contributed by atoms with van der Waals surface area (Å²) in [5.41, 5.74) is 14.9. The predicted molar refractivity (Wildman–Crippen MR) is 200 cm³/mol. The van der Waals surface area contributed by atoms with Crippen molar-refractivity contribution in [3.8, 4) is 22.3 Å². The Morgan fingerprint density at radius 1 is 0.542 bits per heavy atom. The molecule has 0 saturated heterocycles. The van der Waals surface area contributed by atoms with Crippen LogP contribution in [0.1, 0.15) is 25.0 Å². The standard InChI is InChI=1S/C45H32N2O/c1-45(2)37-17-7-5-15-34(37)35-27-26-32(28-38(35)45)46(39-20-11-13-29-12-3-4-14-33(29)39)31-24-22-30(23-25-31)43-36-16-6-8-18-40(36)47-41-19-9-10-21-42(41)48-44(43)47/h3-28H,1-2H3. The van der Waals surface area contributed by atoms with Crippen LogP contribution in [0.3, 0.4) is 0 Å². The fraction of sp³-hybridized carbons (Fsp3) is 0.0667. The smallest absolute Gasteiger partial charge is 0.213 e. The third kappa shape index (κ3) is 3.76. The van der Waals surface area contributed by atoms with Gasteiger partial charge >= 0.3 is 0 Å². The molecule has 0 spiro atoms. The van der Waals surface area contributed by atoms with Gasteiger partial charge in [0.2, 0.25) is 5.71 Å². The van der Waals surface area contributed by atoms with Gasteiger partial charge in [-0.2, -0.15) is 0 Å². The van der Waals surface area contributed by atoms with Gasteiger partial charge in [0, 0.05) is 27.6 Å². The number of hydrogen-bond donors (Lipinski definition) is 0. The van der Waals surface area contributed by atoms with Crippen molar-refractivity contribution in [2.24, 2.45) is 0 Å². The van der Waals surface area contributed by atoms with E-state index in [1.54, 1.807) is 0 Å². The second kappa shape index (κ2) is 9.97. The van der Waals surface area contributed by atoms with Crippen molar-refractivity contribution in [2.45, 2.75) is 19.3 Å². The molecule has 3 nitrogen and oxygen atoms in total. The van der Waals surface area contributed by atoms with Crippen molar-refractivity contribution in [1.29, 1.82) is 0 Å². The van der Waals surface area contributed by atoms with Crippen LogP contribution in [-0.2, 0) is 5.41 Å². The number of fused-ring (bicyclic) bond motifs is 9. The summed E-state index contributed by atoms with van der Waals surface area (Å²) in [6.45, 7) is 4.69. The van der Waals surface area contributed by atoms with Crippen LogP contribution < -0.4 is 4.90 Å². The van der Waals surface area contributed by atoms with Crippen molar-refractivity contribution in [1.82, 2.24) is 4.40 Å². The van der Waals surface area contributed by atoms with Gasteiger partial charge in [-0.15, -0.1) is 0 Å². The van der Waals surface area contributed by atoms with E-state index in [1.165, 1.54) is 38.4 Å². The molecular formula is C45H32N2O. The van der Waals surface area contributed by atoms with Crippen molar-refractivity contribution in [3.05, 3.63) is 169 Å². The first-order chi connectivity index (χ1) is 23.6. The van der Waals surface area contributed by atoms with E-state index >= 15 is 0 Å². The Kier molecular flexibility index (Phi) is 5.63. The summed E-state index contributed by atoms with van der Waals surface area (Å²) in [7, 11) is 0. The summed E-state index contributed by atoms with van der Waals surface area (Å²) >= 11 is 0. The lowest BCUT2D eigenvalue weighted by molar-refractivity contribution is 0.658. The Hall–Kier alpha value is -6.06. The molecule has 0 atom stereocenters. The molecule has 0 radical (unpaired) electrons. The number of rotatable bonds is 4. The first-order valence-corrected chi connectivity index (χ1v) is 16.6. The Morgan fingerprint density at radius 2 is 1.21 bits per heavy atom. The predicted octanol–water partition coefficient (Wildman–Crippen LogP) is 12.4. The molecule has 0 aliphatic heterocycles. The molecule has 1 aliphatic rings. The van der Waals surface area contributed by atoms with Gasteiger partial charge < -0.3 is 9.32 Å². The number of nitrogens with zero attached hydrogens (tertiary/aromatic N) is 2. The lowest BCUT2D eigenvalue weighted by atomic mass is 9.82. The van der Waals surface area contributed by atoms with Gasteiger partial charge in [0.1, 0.15) is 0 Å². The van der Waals surface area contributed by atoms with Gasteiger partial charge in [-0.25, -0.2) is 0 Å². The van der Waals surface area contributed by atoms with Crippen LogP contribution in [0.25, 0.3) is 60.7 Å². The molecule has 0 unspecified atom stereocenters. The van der Waals surface area contributed by atoms with Gasteiger partial charge in [-0.05, 0) is 81.7 Å². The number of anilines is 3. The minimum absolute atomic E-state index is 0.0926.